The normalized spacial score (nSPS) is 13.8. The van der Waals surface area contributed by atoms with E-state index >= 15 is 0 Å². The van der Waals surface area contributed by atoms with E-state index in [9.17, 15) is 9.59 Å². The molecule has 3 rings (SSSR count). The summed E-state index contributed by atoms with van der Waals surface area (Å²) in [4.78, 5) is 27.6. The van der Waals surface area contributed by atoms with Crippen LogP contribution in [0.4, 0.5) is 5.69 Å². The Labute approximate surface area is 201 Å². The highest BCUT2D eigenvalue weighted by molar-refractivity contribution is 7.80. The number of hydrogen-bond acceptors (Lipinski definition) is 4. The molecule has 2 amide bonds. The van der Waals surface area contributed by atoms with Crippen LogP contribution in [0, 0.1) is 5.92 Å². The highest BCUT2D eigenvalue weighted by Crippen LogP contribution is 2.20. The zero-order chi connectivity index (χ0) is 23.6. The lowest BCUT2D eigenvalue weighted by atomic mass is 10.1. The molecule has 33 heavy (non-hydrogen) atoms. The van der Waals surface area contributed by atoms with Crippen LogP contribution >= 0.6 is 12.2 Å². The van der Waals surface area contributed by atoms with E-state index in [0.29, 0.717) is 29.3 Å². The molecule has 0 saturated carbocycles. The van der Waals surface area contributed by atoms with E-state index in [2.05, 4.69) is 24.5 Å². The van der Waals surface area contributed by atoms with Crippen molar-refractivity contribution in [2.45, 2.75) is 46.0 Å². The van der Waals surface area contributed by atoms with Crippen molar-refractivity contribution in [1.29, 1.82) is 0 Å². The Morgan fingerprint density at radius 2 is 1.67 bits per heavy atom. The molecular weight excluding hydrogens is 434 g/mol. The molecule has 0 aliphatic carbocycles. The molecule has 0 bridgehead atoms. The van der Waals surface area contributed by atoms with Crippen LogP contribution in [0.25, 0.3) is 0 Å². The van der Waals surface area contributed by atoms with E-state index in [4.69, 9.17) is 17.0 Å². The van der Waals surface area contributed by atoms with Gasteiger partial charge in [-0.1, -0.05) is 38.8 Å². The zero-order valence-electron chi connectivity index (χ0n) is 19.4. The Kier molecular flexibility index (Phi) is 9.24. The number of benzene rings is 2. The zero-order valence-corrected chi connectivity index (χ0v) is 20.2. The maximum Gasteiger partial charge on any atom is 0.257 e. The Hall–Kier alpha value is -2.93. The monoisotopic (exact) mass is 467 g/mol. The van der Waals surface area contributed by atoms with Gasteiger partial charge >= 0.3 is 0 Å². The summed E-state index contributed by atoms with van der Waals surface area (Å²) in [6, 6.07) is 14.2. The lowest BCUT2D eigenvalue weighted by Gasteiger charge is -2.22. The number of carbonyl (C=O) groups excluding carboxylic acids is 2. The molecule has 0 atom stereocenters. The second kappa shape index (κ2) is 12.3. The van der Waals surface area contributed by atoms with Crippen molar-refractivity contribution in [2.75, 3.05) is 25.0 Å². The van der Waals surface area contributed by atoms with Crippen molar-refractivity contribution in [3.8, 4) is 5.75 Å². The van der Waals surface area contributed by atoms with Gasteiger partial charge < -0.3 is 15.0 Å². The van der Waals surface area contributed by atoms with Crippen molar-refractivity contribution >= 4 is 34.8 Å². The number of hydrogen-bond donors (Lipinski definition) is 2. The molecule has 2 aromatic carbocycles. The molecular formula is C26H33N3O3S. The Balaban J connectivity index is 1.58. The van der Waals surface area contributed by atoms with Gasteiger partial charge in [-0.15, -0.1) is 0 Å². The van der Waals surface area contributed by atoms with Crippen molar-refractivity contribution in [2.24, 2.45) is 5.92 Å². The van der Waals surface area contributed by atoms with Crippen LogP contribution in [-0.2, 0) is 0 Å². The van der Waals surface area contributed by atoms with Crippen LogP contribution in [0.3, 0.4) is 0 Å². The number of ether oxygens (including phenoxy) is 1. The minimum atomic E-state index is -0.322. The van der Waals surface area contributed by atoms with Gasteiger partial charge in [-0.05, 0) is 73.8 Å². The number of nitrogens with zero attached hydrogens (tertiary/aromatic N) is 1. The number of amides is 2. The van der Waals surface area contributed by atoms with Gasteiger partial charge in [0.15, 0.2) is 5.11 Å². The van der Waals surface area contributed by atoms with Gasteiger partial charge in [-0.2, -0.15) is 0 Å². The molecule has 1 saturated heterocycles. The number of carbonyl (C=O) groups is 2. The van der Waals surface area contributed by atoms with Gasteiger partial charge in [-0.3, -0.25) is 14.9 Å². The number of nitrogens with one attached hydrogen (secondary N) is 2. The molecule has 1 heterocycles. The first kappa shape index (κ1) is 24.7. The largest absolute Gasteiger partial charge is 0.494 e. The summed E-state index contributed by atoms with van der Waals surface area (Å²) >= 11 is 5.35. The summed E-state index contributed by atoms with van der Waals surface area (Å²) in [5.74, 6) is 0.974. The van der Waals surface area contributed by atoms with Crippen LogP contribution < -0.4 is 15.4 Å². The highest BCUT2D eigenvalue weighted by Gasteiger charge is 2.20. The molecule has 0 radical (unpaired) electrons. The number of para-hydroxylation sites is 1. The maximum atomic E-state index is 13.1. The summed E-state index contributed by atoms with van der Waals surface area (Å²) in [5, 5.41) is 5.86. The first-order valence-electron chi connectivity index (χ1n) is 11.7. The molecule has 1 fully saturated rings. The predicted molar refractivity (Wildman–Crippen MR) is 136 cm³/mol. The van der Waals surface area contributed by atoms with E-state index in [-0.39, 0.29) is 16.9 Å². The average molecular weight is 468 g/mol. The van der Waals surface area contributed by atoms with Gasteiger partial charge in [0, 0.05) is 18.7 Å². The summed E-state index contributed by atoms with van der Waals surface area (Å²) in [7, 11) is 0. The molecule has 0 unspecified atom stereocenters. The average Bonchev–Trinajstić information content (AvgIpc) is 3.09. The van der Waals surface area contributed by atoms with Crippen LogP contribution in [0.5, 0.6) is 5.75 Å². The Morgan fingerprint density at radius 1 is 1.00 bits per heavy atom. The SMILES string of the molecule is CC(C)CCOc1ccc(C(=O)NC(=S)Nc2ccccc2C(=O)N2CCCCCC2)cc1. The number of anilines is 1. The van der Waals surface area contributed by atoms with E-state index in [1.165, 1.54) is 0 Å². The van der Waals surface area contributed by atoms with Crippen molar-refractivity contribution < 1.29 is 14.3 Å². The maximum absolute atomic E-state index is 13.1. The number of thiocarbonyl (C=S) groups is 1. The molecule has 0 aromatic heterocycles. The van der Waals surface area contributed by atoms with Gasteiger partial charge in [0.05, 0.1) is 17.9 Å². The first-order chi connectivity index (χ1) is 15.9. The van der Waals surface area contributed by atoms with E-state index in [1.54, 1.807) is 36.4 Å². The van der Waals surface area contributed by atoms with Gasteiger partial charge in [0.2, 0.25) is 0 Å². The summed E-state index contributed by atoms with van der Waals surface area (Å²) < 4.78 is 5.70. The smallest absolute Gasteiger partial charge is 0.257 e. The standard InChI is InChI=1S/C26H33N3O3S/c1-19(2)15-18-32-21-13-11-20(12-14-21)24(30)28-26(33)27-23-10-6-5-9-22(23)25(31)29-16-7-3-4-8-17-29/h5-6,9-14,19H,3-4,7-8,15-18H2,1-2H3,(H2,27,28,30,33). The fourth-order valence-electron chi connectivity index (χ4n) is 3.67. The molecule has 1 aliphatic heterocycles. The van der Waals surface area contributed by atoms with Gasteiger partial charge in [-0.25, -0.2) is 0 Å². The second-order valence-corrected chi connectivity index (χ2v) is 9.12. The second-order valence-electron chi connectivity index (χ2n) is 8.72. The molecule has 0 spiro atoms. The molecule has 2 aromatic rings. The van der Waals surface area contributed by atoms with Gasteiger partial charge in [0.1, 0.15) is 5.75 Å². The number of likely N-dealkylation sites (tertiary alicyclic amines) is 1. The minimum Gasteiger partial charge on any atom is -0.494 e. The van der Waals surface area contributed by atoms with Crippen LogP contribution in [0.2, 0.25) is 0 Å². The fourth-order valence-corrected chi connectivity index (χ4v) is 3.87. The molecule has 1 aliphatic rings. The number of rotatable bonds is 7. The fraction of sp³-hybridized carbons (Fsp3) is 0.423. The highest BCUT2D eigenvalue weighted by atomic mass is 32.1. The summed E-state index contributed by atoms with van der Waals surface area (Å²) in [6.45, 7) is 6.48. The minimum absolute atomic E-state index is 0.0119. The Morgan fingerprint density at radius 3 is 2.33 bits per heavy atom. The van der Waals surface area contributed by atoms with Crippen molar-refractivity contribution in [3.63, 3.8) is 0 Å². The molecule has 176 valence electrons. The van der Waals surface area contributed by atoms with Crippen molar-refractivity contribution in [1.82, 2.24) is 10.2 Å². The Bertz CT molecular complexity index is 952. The lowest BCUT2D eigenvalue weighted by molar-refractivity contribution is 0.0762. The van der Waals surface area contributed by atoms with E-state index in [0.717, 1.165) is 50.9 Å². The molecule has 7 heteroatoms. The van der Waals surface area contributed by atoms with Crippen molar-refractivity contribution in [3.05, 3.63) is 59.7 Å². The van der Waals surface area contributed by atoms with E-state index in [1.807, 2.05) is 17.0 Å². The third-order valence-corrected chi connectivity index (χ3v) is 5.81. The van der Waals surface area contributed by atoms with Crippen LogP contribution in [0.1, 0.15) is 66.7 Å². The van der Waals surface area contributed by atoms with Gasteiger partial charge in [0.25, 0.3) is 11.8 Å². The van der Waals surface area contributed by atoms with Crippen LogP contribution in [0.15, 0.2) is 48.5 Å². The first-order valence-corrected chi connectivity index (χ1v) is 12.1. The summed E-state index contributed by atoms with van der Waals surface area (Å²) in [5.41, 5.74) is 1.62. The third kappa shape index (κ3) is 7.56. The van der Waals surface area contributed by atoms with E-state index < -0.39 is 0 Å². The lowest BCUT2D eigenvalue weighted by Crippen LogP contribution is -2.36. The molecule has 6 nitrogen and oxygen atoms in total. The third-order valence-electron chi connectivity index (χ3n) is 5.61. The summed E-state index contributed by atoms with van der Waals surface area (Å²) in [6.07, 6.45) is 5.34. The van der Waals surface area contributed by atoms with Crippen LogP contribution in [-0.4, -0.2) is 41.5 Å². The quantitative estimate of drug-likeness (QED) is 0.544. The topological polar surface area (TPSA) is 70.7 Å². The predicted octanol–water partition coefficient (Wildman–Crippen LogP) is 5.25. The molecule has 2 N–H and O–H groups in total.